The van der Waals surface area contributed by atoms with Crippen LogP contribution in [-0.2, 0) is 62.5 Å². The predicted molar refractivity (Wildman–Crippen MR) is 169 cm³/mol. The number of carbonyl (C=O) groups is 2. The van der Waals surface area contributed by atoms with Gasteiger partial charge in [-0.1, -0.05) is 0 Å². The number of hydrogen-bond donors (Lipinski definition) is 1. The first kappa shape index (κ1) is 35.9. The monoisotopic (exact) mass is 736 g/mol. The average Bonchev–Trinajstić information content (AvgIpc) is 3.91. The Kier molecular flexibility index (Phi) is 10.5. The maximum Gasteiger partial charge on any atom is 0.374 e. The van der Waals surface area contributed by atoms with Crippen molar-refractivity contribution in [3.8, 4) is 22.5 Å². The number of rotatable bonds is 9. The molecule has 2 atom stereocenters. The highest BCUT2D eigenvalue weighted by Gasteiger charge is 2.37. The number of ether oxygens (including phenoxy) is 5. The minimum absolute atomic E-state index is 0.0796. The largest absolute Gasteiger partial charge is 0.475 e. The van der Waals surface area contributed by atoms with Crippen LogP contribution in [0.25, 0.3) is 22.5 Å². The molecule has 0 spiro atoms. The van der Waals surface area contributed by atoms with E-state index in [0.29, 0.717) is 95.6 Å². The highest BCUT2D eigenvalue weighted by atomic mass is 19.3. The molecule has 6 heterocycles. The van der Waals surface area contributed by atoms with Crippen molar-refractivity contribution in [1.29, 1.82) is 0 Å². The number of nitrogens with zero attached hydrogens (tertiary/aromatic N) is 4. The van der Waals surface area contributed by atoms with Crippen molar-refractivity contribution in [2.45, 2.75) is 70.8 Å². The maximum atomic E-state index is 13.8. The summed E-state index contributed by atoms with van der Waals surface area (Å²) in [5.74, 6) is -2.91. The van der Waals surface area contributed by atoms with Crippen LogP contribution in [0.2, 0.25) is 0 Å². The molecule has 2 aliphatic heterocycles. The highest BCUT2D eigenvalue weighted by molar-refractivity contribution is 5.92. The van der Waals surface area contributed by atoms with Crippen molar-refractivity contribution in [2.24, 2.45) is 0 Å². The number of halogens is 4. The van der Waals surface area contributed by atoms with Crippen molar-refractivity contribution in [1.82, 2.24) is 19.6 Å². The topological polar surface area (TPSA) is 162 Å². The molecule has 14 nitrogen and oxygen atoms in total. The van der Waals surface area contributed by atoms with E-state index in [-0.39, 0.29) is 35.7 Å². The van der Waals surface area contributed by atoms with Crippen LogP contribution in [0.5, 0.6) is 0 Å². The molecule has 0 radical (unpaired) electrons. The third kappa shape index (κ3) is 7.11. The molecule has 52 heavy (non-hydrogen) atoms. The summed E-state index contributed by atoms with van der Waals surface area (Å²) in [5, 5.41) is 18.0. The maximum absolute atomic E-state index is 13.8. The Morgan fingerprint density at radius 1 is 0.788 bits per heavy atom. The van der Waals surface area contributed by atoms with Gasteiger partial charge in [0, 0.05) is 25.2 Å². The Morgan fingerprint density at radius 2 is 1.27 bits per heavy atom. The normalized spacial score (nSPS) is 19.4. The molecule has 1 N–H and O–H groups in total. The van der Waals surface area contributed by atoms with E-state index in [9.17, 15) is 27.2 Å². The SMILES string of the molecule is CCOC(=O)c1oc2c(c1C(F)F)-c1nn(C[C@H]3COCCO3)cc1CC2.O=C(O)c1oc2c(c1C(F)F)-c1nn(C[C@H]3COCCO3)cc1CC2. The Hall–Kier alpha value is -4.52. The van der Waals surface area contributed by atoms with Gasteiger partial charge in [-0.3, -0.25) is 9.36 Å². The molecule has 4 aliphatic rings. The van der Waals surface area contributed by atoms with E-state index >= 15 is 0 Å². The van der Waals surface area contributed by atoms with Crippen molar-refractivity contribution in [2.75, 3.05) is 46.2 Å². The molecule has 0 unspecified atom stereocenters. The molecule has 4 aromatic heterocycles. The molecule has 8 rings (SSSR count). The summed E-state index contributed by atoms with van der Waals surface area (Å²) < 4.78 is 95.4. The highest BCUT2D eigenvalue weighted by Crippen LogP contribution is 2.44. The van der Waals surface area contributed by atoms with Gasteiger partial charge < -0.3 is 37.6 Å². The van der Waals surface area contributed by atoms with E-state index in [1.54, 1.807) is 22.5 Å². The van der Waals surface area contributed by atoms with Crippen LogP contribution >= 0.6 is 0 Å². The molecule has 2 fully saturated rings. The van der Waals surface area contributed by atoms with Gasteiger partial charge in [0.1, 0.15) is 23.7 Å². The standard InChI is InChI=1S/C18H20F2N2O5.C16H16F2N2O5/c1-2-25-18(23)16-14(17(19)20)13-12(27-16)4-3-10-7-22(21-15(10)13)8-11-9-24-5-6-26-11;17-15(18)12-11-10(25-14(12)16(21)22)2-1-8-5-20(19-13(8)11)6-9-7-23-3-4-24-9/h7,11,17H,2-6,8-9H2,1H3;5,9,15H,1-4,6-7H2,(H,21,22)/t11-;9-/m00/s1. The summed E-state index contributed by atoms with van der Waals surface area (Å²) in [6.45, 7) is 5.68. The van der Waals surface area contributed by atoms with Crippen molar-refractivity contribution in [3.63, 3.8) is 0 Å². The van der Waals surface area contributed by atoms with E-state index in [1.807, 2.05) is 6.20 Å². The number of aromatic carboxylic acids is 1. The van der Waals surface area contributed by atoms with E-state index in [1.165, 1.54) is 0 Å². The fraction of sp³-hybridized carbons (Fsp3) is 0.529. The zero-order valence-corrected chi connectivity index (χ0v) is 28.1. The minimum atomic E-state index is -2.95. The number of aromatic nitrogens is 4. The number of esters is 1. The van der Waals surface area contributed by atoms with Crippen molar-refractivity contribution >= 4 is 11.9 Å². The van der Waals surface area contributed by atoms with Crippen LogP contribution in [0.1, 0.15) is 74.7 Å². The summed E-state index contributed by atoms with van der Waals surface area (Å²) in [5.41, 5.74) is 1.74. The number of furan rings is 2. The van der Waals surface area contributed by atoms with Gasteiger partial charge in [-0.05, 0) is 30.9 Å². The van der Waals surface area contributed by atoms with Crippen molar-refractivity contribution in [3.05, 3.63) is 57.7 Å². The third-order valence-electron chi connectivity index (χ3n) is 9.07. The lowest BCUT2D eigenvalue weighted by atomic mass is 9.93. The second-order valence-corrected chi connectivity index (χ2v) is 12.5. The summed E-state index contributed by atoms with van der Waals surface area (Å²) in [4.78, 5) is 23.3. The fourth-order valence-electron chi connectivity index (χ4n) is 6.88. The number of carbonyl (C=O) groups excluding carboxylic acids is 1. The van der Waals surface area contributed by atoms with E-state index in [4.69, 9.17) is 37.6 Å². The Morgan fingerprint density at radius 3 is 1.69 bits per heavy atom. The first-order valence-electron chi connectivity index (χ1n) is 16.9. The molecule has 280 valence electrons. The van der Waals surface area contributed by atoms with Gasteiger partial charge in [0.25, 0.3) is 12.9 Å². The van der Waals surface area contributed by atoms with Crippen LogP contribution in [0.15, 0.2) is 21.2 Å². The first-order valence-corrected chi connectivity index (χ1v) is 16.9. The number of hydrogen-bond acceptors (Lipinski definition) is 11. The van der Waals surface area contributed by atoms with Gasteiger partial charge in [0.15, 0.2) is 0 Å². The second-order valence-electron chi connectivity index (χ2n) is 12.5. The lowest BCUT2D eigenvalue weighted by Crippen LogP contribution is -2.32. The first-order chi connectivity index (χ1) is 25.1. The number of aryl methyl sites for hydroxylation is 4. The lowest BCUT2D eigenvalue weighted by Gasteiger charge is -2.22. The summed E-state index contributed by atoms with van der Waals surface area (Å²) >= 11 is 0. The quantitative estimate of drug-likeness (QED) is 0.180. The Balaban J connectivity index is 0.000000162. The Labute approximate surface area is 293 Å². The number of fused-ring (bicyclic) bond motifs is 6. The van der Waals surface area contributed by atoms with Gasteiger partial charge in [-0.25, -0.2) is 27.2 Å². The molecule has 0 bridgehead atoms. The molecule has 4 aromatic rings. The third-order valence-corrected chi connectivity index (χ3v) is 9.07. The van der Waals surface area contributed by atoms with Crippen LogP contribution < -0.4 is 0 Å². The molecule has 0 aromatic carbocycles. The predicted octanol–water partition coefficient (Wildman–Crippen LogP) is 5.06. The second kappa shape index (κ2) is 15.2. The zero-order valence-electron chi connectivity index (χ0n) is 28.1. The minimum Gasteiger partial charge on any atom is -0.475 e. The molecule has 18 heteroatoms. The van der Waals surface area contributed by atoms with Gasteiger partial charge in [0.05, 0.1) is 93.0 Å². The van der Waals surface area contributed by atoms with Gasteiger partial charge in [-0.2, -0.15) is 10.2 Å². The zero-order chi connectivity index (χ0) is 36.5. The molecule has 2 saturated heterocycles. The Bertz CT molecular complexity index is 1920. The van der Waals surface area contributed by atoms with Gasteiger partial charge in [-0.15, -0.1) is 0 Å². The molecular weight excluding hydrogens is 700 g/mol. The lowest BCUT2D eigenvalue weighted by molar-refractivity contribution is -0.0946. The van der Waals surface area contributed by atoms with E-state index in [0.717, 1.165) is 11.1 Å². The number of carboxylic acid groups (broad SMARTS) is 1. The van der Waals surface area contributed by atoms with Crippen molar-refractivity contribution < 1.29 is 64.8 Å². The molecule has 0 saturated carbocycles. The molecule has 0 amide bonds. The van der Waals surface area contributed by atoms with Crippen LogP contribution in [0.4, 0.5) is 17.6 Å². The van der Waals surface area contributed by atoms with Crippen LogP contribution in [0, 0.1) is 0 Å². The fourth-order valence-corrected chi connectivity index (χ4v) is 6.88. The van der Waals surface area contributed by atoms with Gasteiger partial charge in [0.2, 0.25) is 11.5 Å². The van der Waals surface area contributed by atoms with Gasteiger partial charge >= 0.3 is 11.9 Å². The summed E-state index contributed by atoms with van der Waals surface area (Å²) in [6, 6.07) is 0. The number of carboxylic acids is 1. The summed E-state index contributed by atoms with van der Waals surface area (Å²) in [7, 11) is 0. The molecule has 2 aliphatic carbocycles. The summed E-state index contributed by atoms with van der Waals surface area (Å²) in [6.07, 6.45) is -0.533. The number of alkyl halides is 4. The smallest absolute Gasteiger partial charge is 0.374 e. The van der Waals surface area contributed by atoms with E-state index in [2.05, 4.69) is 10.2 Å². The van der Waals surface area contributed by atoms with Crippen LogP contribution in [-0.4, -0.2) is 95.1 Å². The van der Waals surface area contributed by atoms with E-state index < -0.39 is 47.4 Å². The van der Waals surface area contributed by atoms with Crippen LogP contribution in [0.3, 0.4) is 0 Å². The molecular formula is C34H36F4N4O10. The average molecular weight is 737 g/mol.